The molecule has 0 bridgehead atoms. The molecule has 5 rings (SSSR count). The Bertz CT molecular complexity index is 1340. The van der Waals surface area contributed by atoms with Crippen molar-refractivity contribution in [3.05, 3.63) is 82.9 Å². The molecule has 0 atom stereocenters. The molecule has 0 radical (unpaired) electrons. The molecule has 0 aliphatic rings. The molecule has 0 amide bonds. The molecule has 3 heterocycles. The van der Waals surface area contributed by atoms with Gasteiger partial charge in [-0.05, 0) is 18.2 Å². The minimum absolute atomic E-state index is 0.157. The van der Waals surface area contributed by atoms with Crippen molar-refractivity contribution in [3.63, 3.8) is 0 Å². The smallest absolute Gasteiger partial charge is 0.242 e. The molecule has 0 unspecified atom stereocenters. The summed E-state index contributed by atoms with van der Waals surface area (Å²) < 4.78 is 36.4. The van der Waals surface area contributed by atoms with Crippen molar-refractivity contribution < 1.29 is 13.5 Å². The van der Waals surface area contributed by atoms with Crippen LogP contribution in [0, 0.1) is 11.6 Å². The first-order valence-electron chi connectivity index (χ1n) is 8.96. The van der Waals surface area contributed by atoms with Gasteiger partial charge in [-0.1, -0.05) is 30.3 Å². The highest BCUT2D eigenvalue weighted by molar-refractivity contribution is 7.07. The summed E-state index contributed by atoms with van der Waals surface area (Å²) in [5, 5.41) is 14.4. The number of ether oxygens (including phenoxy) is 1. The van der Waals surface area contributed by atoms with Gasteiger partial charge in [0, 0.05) is 10.9 Å². The van der Waals surface area contributed by atoms with Crippen molar-refractivity contribution in [1.29, 1.82) is 0 Å². The van der Waals surface area contributed by atoms with E-state index in [1.165, 1.54) is 34.2 Å². The molecule has 148 valence electrons. The summed E-state index contributed by atoms with van der Waals surface area (Å²) in [6, 6.07) is 12.5. The van der Waals surface area contributed by atoms with Crippen LogP contribution < -0.4 is 4.74 Å². The quantitative estimate of drug-likeness (QED) is 0.409. The number of thiazole rings is 1. The summed E-state index contributed by atoms with van der Waals surface area (Å²) in [6.07, 6.45) is 1.45. The van der Waals surface area contributed by atoms with E-state index in [4.69, 9.17) is 4.74 Å². The fourth-order valence-corrected chi connectivity index (χ4v) is 3.69. The van der Waals surface area contributed by atoms with Crippen LogP contribution in [0.3, 0.4) is 0 Å². The van der Waals surface area contributed by atoms with Gasteiger partial charge in [-0.25, -0.2) is 18.3 Å². The predicted octanol–water partition coefficient (Wildman–Crippen LogP) is 4.77. The van der Waals surface area contributed by atoms with E-state index in [2.05, 4.69) is 20.3 Å². The van der Waals surface area contributed by atoms with Gasteiger partial charge in [0.1, 0.15) is 23.8 Å². The van der Waals surface area contributed by atoms with Crippen LogP contribution in [-0.4, -0.2) is 24.8 Å². The van der Waals surface area contributed by atoms with Gasteiger partial charge in [-0.15, -0.1) is 21.5 Å². The van der Waals surface area contributed by atoms with E-state index in [-0.39, 0.29) is 23.9 Å². The predicted molar refractivity (Wildman–Crippen MR) is 108 cm³/mol. The van der Waals surface area contributed by atoms with Crippen LogP contribution in [0.15, 0.2) is 65.6 Å². The number of hydrogen-bond acceptors (Lipinski definition) is 6. The van der Waals surface area contributed by atoms with Crippen molar-refractivity contribution in [3.8, 4) is 28.4 Å². The summed E-state index contributed by atoms with van der Waals surface area (Å²) in [6.45, 7) is 0.157. The minimum Gasteiger partial charge on any atom is -0.470 e. The van der Waals surface area contributed by atoms with Crippen LogP contribution in [0.25, 0.3) is 28.0 Å². The minimum atomic E-state index is -0.466. The number of halogens is 2. The van der Waals surface area contributed by atoms with Gasteiger partial charge in [0.25, 0.3) is 0 Å². The Kier molecular flexibility index (Phi) is 4.64. The molecule has 3 aromatic heterocycles. The molecule has 0 aliphatic carbocycles. The Morgan fingerprint density at radius 2 is 1.70 bits per heavy atom. The summed E-state index contributed by atoms with van der Waals surface area (Å²) in [7, 11) is 0. The zero-order chi connectivity index (χ0) is 20.5. The van der Waals surface area contributed by atoms with Gasteiger partial charge in [0.15, 0.2) is 5.82 Å². The summed E-state index contributed by atoms with van der Waals surface area (Å²) >= 11 is 1.45. The van der Waals surface area contributed by atoms with Gasteiger partial charge >= 0.3 is 0 Å². The molecule has 0 saturated carbocycles. The molecule has 9 heteroatoms. The average molecular weight is 421 g/mol. The maximum atomic E-state index is 14.7. The van der Waals surface area contributed by atoms with Crippen LogP contribution in [0.5, 0.6) is 5.88 Å². The lowest BCUT2D eigenvalue weighted by Gasteiger charge is -2.06. The lowest BCUT2D eigenvalue weighted by Crippen LogP contribution is -2.01. The Balaban J connectivity index is 1.73. The number of fused-ring (bicyclic) bond motifs is 1. The van der Waals surface area contributed by atoms with Crippen molar-refractivity contribution >= 4 is 16.9 Å². The van der Waals surface area contributed by atoms with Gasteiger partial charge in [-0.2, -0.15) is 5.10 Å². The van der Waals surface area contributed by atoms with E-state index in [1.54, 1.807) is 41.9 Å². The molecule has 0 aliphatic heterocycles. The second-order valence-corrected chi connectivity index (χ2v) is 7.09. The highest BCUT2D eigenvalue weighted by Gasteiger charge is 2.23. The first-order chi connectivity index (χ1) is 14.7. The third-order valence-corrected chi connectivity index (χ3v) is 5.16. The molecule has 30 heavy (non-hydrogen) atoms. The highest BCUT2D eigenvalue weighted by atomic mass is 32.1. The van der Waals surface area contributed by atoms with E-state index in [0.29, 0.717) is 16.6 Å². The second-order valence-electron chi connectivity index (χ2n) is 6.37. The zero-order valence-corrected chi connectivity index (χ0v) is 16.2. The van der Waals surface area contributed by atoms with Crippen molar-refractivity contribution in [2.24, 2.45) is 0 Å². The Labute approximate surface area is 173 Å². The standard InChI is InChI=1S/C21H13F2N5OS/c22-16-7-3-1-5-14(16)19-18-9-25-26-20(15-6-2-4-8-17(15)23)28(18)27-21(19)29-10-13-11-30-12-24-13/h1-9,11-12H,10H2. The molecule has 0 N–H and O–H groups in total. The number of rotatable bonds is 5. The van der Waals surface area contributed by atoms with E-state index < -0.39 is 11.6 Å². The van der Waals surface area contributed by atoms with E-state index in [9.17, 15) is 8.78 Å². The van der Waals surface area contributed by atoms with Crippen LogP contribution in [-0.2, 0) is 6.61 Å². The average Bonchev–Trinajstić information content (AvgIpc) is 3.40. The first-order valence-corrected chi connectivity index (χ1v) is 9.91. The summed E-state index contributed by atoms with van der Waals surface area (Å²) in [4.78, 5) is 4.19. The van der Waals surface area contributed by atoms with Crippen LogP contribution in [0.4, 0.5) is 8.78 Å². The number of nitrogens with zero attached hydrogens (tertiary/aromatic N) is 5. The fraction of sp³-hybridized carbons (Fsp3) is 0.0476. The second kappa shape index (κ2) is 7.60. The summed E-state index contributed by atoms with van der Waals surface area (Å²) in [5.41, 5.74) is 3.81. The van der Waals surface area contributed by atoms with E-state index in [0.717, 1.165) is 5.69 Å². The normalized spacial score (nSPS) is 11.1. The maximum absolute atomic E-state index is 14.7. The molecular weight excluding hydrogens is 408 g/mol. The SMILES string of the molecule is Fc1ccccc1-c1c(OCc2cscn2)nn2c(-c3ccccc3F)nncc12. The molecular formula is C21H13F2N5OS. The monoisotopic (exact) mass is 421 g/mol. The van der Waals surface area contributed by atoms with E-state index in [1.807, 2.05) is 5.38 Å². The highest BCUT2D eigenvalue weighted by Crippen LogP contribution is 2.37. The lowest BCUT2D eigenvalue weighted by molar-refractivity contribution is 0.289. The van der Waals surface area contributed by atoms with Gasteiger partial charge in [0.2, 0.25) is 5.88 Å². The topological polar surface area (TPSA) is 65.2 Å². The third-order valence-electron chi connectivity index (χ3n) is 4.52. The molecule has 0 saturated heterocycles. The van der Waals surface area contributed by atoms with Crippen LogP contribution >= 0.6 is 11.3 Å². The van der Waals surface area contributed by atoms with Crippen LogP contribution in [0.2, 0.25) is 0 Å². The Morgan fingerprint density at radius 1 is 0.967 bits per heavy atom. The fourth-order valence-electron chi connectivity index (χ4n) is 3.15. The van der Waals surface area contributed by atoms with Gasteiger partial charge < -0.3 is 4.74 Å². The molecule has 5 aromatic rings. The molecule has 0 fully saturated rings. The van der Waals surface area contributed by atoms with Gasteiger partial charge in [-0.3, -0.25) is 0 Å². The lowest BCUT2D eigenvalue weighted by atomic mass is 10.1. The van der Waals surface area contributed by atoms with Crippen molar-refractivity contribution in [2.45, 2.75) is 6.61 Å². The van der Waals surface area contributed by atoms with Crippen molar-refractivity contribution in [2.75, 3.05) is 0 Å². The molecule has 2 aromatic carbocycles. The van der Waals surface area contributed by atoms with Crippen LogP contribution in [0.1, 0.15) is 5.69 Å². The zero-order valence-electron chi connectivity index (χ0n) is 15.4. The van der Waals surface area contributed by atoms with E-state index >= 15 is 0 Å². The number of benzene rings is 2. The Hall–Kier alpha value is -3.72. The first kappa shape index (κ1) is 18.3. The Morgan fingerprint density at radius 3 is 2.40 bits per heavy atom. The van der Waals surface area contributed by atoms with Crippen molar-refractivity contribution in [1.82, 2.24) is 24.8 Å². The molecule has 0 spiro atoms. The molecule has 6 nitrogen and oxygen atoms in total. The van der Waals surface area contributed by atoms with Gasteiger partial charge in [0.05, 0.1) is 28.5 Å². The third kappa shape index (κ3) is 3.18. The number of aromatic nitrogens is 5. The number of hydrogen-bond donors (Lipinski definition) is 0. The largest absolute Gasteiger partial charge is 0.470 e. The maximum Gasteiger partial charge on any atom is 0.242 e. The summed E-state index contributed by atoms with van der Waals surface area (Å²) in [5.74, 6) is -0.533.